The van der Waals surface area contributed by atoms with Crippen LogP contribution in [0.2, 0.25) is 0 Å². The number of nitrogens with zero attached hydrogens (tertiary/aromatic N) is 2. The Hall–Kier alpha value is -2.80. The van der Waals surface area contributed by atoms with Crippen LogP contribution in [0.3, 0.4) is 0 Å². The average molecular weight is 322 g/mol. The molecule has 1 amide bonds. The second kappa shape index (κ2) is 8.16. The number of carbonyl (C=O) groups is 1. The lowest BCUT2D eigenvalue weighted by molar-refractivity contribution is -0.132. The van der Waals surface area contributed by atoms with E-state index in [4.69, 9.17) is 10.00 Å². The molecule has 0 aromatic heterocycles. The van der Waals surface area contributed by atoms with E-state index >= 15 is 0 Å². The zero-order valence-electron chi connectivity index (χ0n) is 14.3. The predicted octanol–water partition coefficient (Wildman–Crippen LogP) is 3.72. The van der Waals surface area contributed by atoms with E-state index in [0.29, 0.717) is 18.5 Å². The number of nitriles is 1. The molecule has 0 aliphatic rings. The normalized spacial score (nSPS) is 11.4. The highest BCUT2D eigenvalue weighted by Crippen LogP contribution is 2.22. The Kier molecular flexibility index (Phi) is 5.97. The molecule has 0 aliphatic carbocycles. The summed E-state index contributed by atoms with van der Waals surface area (Å²) in [6.07, 6.45) is 0.360. The lowest BCUT2D eigenvalue weighted by Crippen LogP contribution is -2.34. The zero-order valence-corrected chi connectivity index (χ0v) is 14.3. The zero-order chi connectivity index (χ0) is 17.5. The summed E-state index contributed by atoms with van der Waals surface area (Å²) in [4.78, 5) is 14.5. The first-order chi connectivity index (χ1) is 11.6. The number of rotatable bonds is 6. The number of methoxy groups -OCH3 is 1. The Balaban J connectivity index is 2.10. The topological polar surface area (TPSA) is 53.3 Å². The van der Waals surface area contributed by atoms with Crippen molar-refractivity contribution in [3.8, 4) is 11.8 Å². The minimum absolute atomic E-state index is 0.0338. The minimum Gasteiger partial charge on any atom is -0.497 e. The van der Waals surface area contributed by atoms with Gasteiger partial charge in [-0.1, -0.05) is 24.3 Å². The van der Waals surface area contributed by atoms with Crippen LogP contribution < -0.4 is 4.74 Å². The van der Waals surface area contributed by atoms with E-state index in [1.807, 2.05) is 55.1 Å². The van der Waals surface area contributed by atoms with Gasteiger partial charge >= 0.3 is 0 Å². The van der Waals surface area contributed by atoms with Crippen molar-refractivity contribution in [1.82, 2.24) is 4.90 Å². The number of amides is 1. The van der Waals surface area contributed by atoms with Crippen LogP contribution in [0.5, 0.6) is 5.75 Å². The molecule has 1 unspecified atom stereocenters. The molecule has 0 heterocycles. The van der Waals surface area contributed by atoms with Crippen molar-refractivity contribution in [3.05, 3.63) is 65.2 Å². The van der Waals surface area contributed by atoms with Gasteiger partial charge in [-0.3, -0.25) is 4.79 Å². The van der Waals surface area contributed by atoms with E-state index in [9.17, 15) is 4.79 Å². The SMILES string of the molecule is CCN(C(=O)Cc1ccc(OC)cc1)C(C)c1ccc(C#N)cc1. The monoisotopic (exact) mass is 322 g/mol. The summed E-state index contributed by atoms with van der Waals surface area (Å²) in [6, 6.07) is 17.0. The lowest BCUT2D eigenvalue weighted by atomic mass is 10.0. The molecule has 4 heteroatoms. The first-order valence-electron chi connectivity index (χ1n) is 8.01. The quantitative estimate of drug-likeness (QED) is 0.814. The summed E-state index contributed by atoms with van der Waals surface area (Å²) in [5, 5.41) is 8.89. The minimum atomic E-state index is -0.0338. The van der Waals surface area contributed by atoms with Gasteiger partial charge in [0.25, 0.3) is 0 Å². The smallest absolute Gasteiger partial charge is 0.227 e. The van der Waals surface area contributed by atoms with Gasteiger partial charge < -0.3 is 9.64 Å². The van der Waals surface area contributed by atoms with E-state index in [-0.39, 0.29) is 11.9 Å². The third-order valence-electron chi connectivity index (χ3n) is 4.17. The molecule has 124 valence electrons. The third-order valence-corrected chi connectivity index (χ3v) is 4.17. The summed E-state index contributed by atoms with van der Waals surface area (Å²) in [5.41, 5.74) is 2.61. The molecule has 0 saturated heterocycles. The first kappa shape index (κ1) is 17.6. The van der Waals surface area contributed by atoms with Gasteiger partial charge in [-0.05, 0) is 49.2 Å². The van der Waals surface area contributed by atoms with Gasteiger partial charge in [-0.2, -0.15) is 5.26 Å². The highest BCUT2D eigenvalue weighted by Gasteiger charge is 2.20. The molecule has 24 heavy (non-hydrogen) atoms. The lowest BCUT2D eigenvalue weighted by Gasteiger charge is -2.28. The Bertz CT molecular complexity index is 715. The standard InChI is InChI=1S/C20H22N2O2/c1-4-22(15(2)18-9-5-17(14-21)6-10-18)20(23)13-16-7-11-19(24-3)12-8-16/h5-12,15H,4,13H2,1-3H3. The fourth-order valence-corrected chi connectivity index (χ4v) is 2.70. The summed E-state index contributed by atoms with van der Waals surface area (Å²) in [7, 11) is 1.62. The number of likely N-dealkylation sites (N-methyl/N-ethyl adjacent to an activating group) is 1. The van der Waals surface area contributed by atoms with Crippen molar-refractivity contribution in [2.24, 2.45) is 0 Å². The number of hydrogen-bond donors (Lipinski definition) is 0. The maximum Gasteiger partial charge on any atom is 0.227 e. The fourth-order valence-electron chi connectivity index (χ4n) is 2.70. The van der Waals surface area contributed by atoms with Gasteiger partial charge in [0.2, 0.25) is 5.91 Å². The van der Waals surface area contributed by atoms with Gasteiger partial charge in [0.1, 0.15) is 5.75 Å². The Morgan fingerprint density at radius 2 is 1.79 bits per heavy atom. The van der Waals surface area contributed by atoms with Gasteiger partial charge in [0, 0.05) is 6.54 Å². The van der Waals surface area contributed by atoms with Crippen molar-refractivity contribution in [3.63, 3.8) is 0 Å². The second-order valence-corrected chi connectivity index (χ2v) is 5.61. The molecular formula is C20H22N2O2. The maximum absolute atomic E-state index is 12.7. The predicted molar refractivity (Wildman–Crippen MR) is 93.7 cm³/mol. The number of hydrogen-bond acceptors (Lipinski definition) is 3. The molecule has 4 nitrogen and oxygen atoms in total. The van der Waals surface area contributed by atoms with Crippen molar-refractivity contribution < 1.29 is 9.53 Å². The third kappa shape index (κ3) is 4.14. The molecule has 0 N–H and O–H groups in total. The summed E-state index contributed by atoms with van der Waals surface area (Å²) in [6.45, 7) is 4.62. The molecule has 0 aliphatic heterocycles. The van der Waals surface area contributed by atoms with E-state index in [1.165, 1.54) is 0 Å². The van der Waals surface area contributed by atoms with Gasteiger partial charge in [0.05, 0.1) is 31.2 Å². The molecular weight excluding hydrogens is 300 g/mol. The maximum atomic E-state index is 12.7. The van der Waals surface area contributed by atoms with E-state index in [0.717, 1.165) is 16.9 Å². The first-order valence-corrected chi connectivity index (χ1v) is 8.01. The highest BCUT2D eigenvalue weighted by atomic mass is 16.5. The highest BCUT2D eigenvalue weighted by molar-refractivity contribution is 5.79. The molecule has 2 rings (SSSR count). The van der Waals surface area contributed by atoms with Crippen LogP contribution in [0.15, 0.2) is 48.5 Å². The van der Waals surface area contributed by atoms with Crippen LogP contribution in [-0.2, 0) is 11.2 Å². The molecule has 0 fully saturated rings. The largest absolute Gasteiger partial charge is 0.497 e. The van der Waals surface area contributed by atoms with Crippen LogP contribution in [0.4, 0.5) is 0 Å². The summed E-state index contributed by atoms with van der Waals surface area (Å²) in [5.74, 6) is 0.865. The summed E-state index contributed by atoms with van der Waals surface area (Å²) < 4.78 is 5.14. The Labute approximate surface area is 143 Å². The number of ether oxygens (including phenoxy) is 1. The van der Waals surface area contributed by atoms with Crippen molar-refractivity contribution >= 4 is 5.91 Å². The van der Waals surface area contributed by atoms with Crippen molar-refractivity contribution in [2.45, 2.75) is 26.3 Å². The molecule has 1 atom stereocenters. The van der Waals surface area contributed by atoms with Crippen LogP contribution in [-0.4, -0.2) is 24.5 Å². The van der Waals surface area contributed by atoms with Crippen molar-refractivity contribution in [2.75, 3.05) is 13.7 Å². The molecule has 0 spiro atoms. The molecule has 2 aromatic carbocycles. The number of benzene rings is 2. The molecule has 0 bridgehead atoms. The van der Waals surface area contributed by atoms with E-state index in [2.05, 4.69) is 6.07 Å². The fraction of sp³-hybridized carbons (Fsp3) is 0.300. The van der Waals surface area contributed by atoms with Crippen LogP contribution >= 0.6 is 0 Å². The molecule has 2 aromatic rings. The van der Waals surface area contributed by atoms with Crippen molar-refractivity contribution in [1.29, 1.82) is 5.26 Å². The van der Waals surface area contributed by atoms with Gasteiger partial charge in [0.15, 0.2) is 0 Å². The van der Waals surface area contributed by atoms with Crippen LogP contribution in [0.25, 0.3) is 0 Å². The average Bonchev–Trinajstić information content (AvgIpc) is 2.63. The van der Waals surface area contributed by atoms with Gasteiger partial charge in [-0.25, -0.2) is 0 Å². The second-order valence-electron chi connectivity index (χ2n) is 5.61. The van der Waals surface area contributed by atoms with Gasteiger partial charge in [-0.15, -0.1) is 0 Å². The Morgan fingerprint density at radius 3 is 2.29 bits per heavy atom. The van der Waals surface area contributed by atoms with E-state index < -0.39 is 0 Å². The molecule has 0 saturated carbocycles. The summed E-state index contributed by atoms with van der Waals surface area (Å²) >= 11 is 0. The van der Waals surface area contributed by atoms with Crippen LogP contribution in [0.1, 0.15) is 36.6 Å². The molecule has 0 radical (unpaired) electrons. The van der Waals surface area contributed by atoms with E-state index in [1.54, 1.807) is 19.2 Å². The van der Waals surface area contributed by atoms with Crippen LogP contribution in [0, 0.1) is 11.3 Å². The number of carbonyl (C=O) groups excluding carboxylic acids is 1. The Morgan fingerprint density at radius 1 is 1.17 bits per heavy atom.